The molecule has 0 unspecified atom stereocenters. The average molecular weight is 162 g/mol. The van der Waals surface area contributed by atoms with Crippen LogP contribution in [0.1, 0.15) is 11.1 Å². The highest BCUT2D eigenvalue weighted by Gasteiger charge is 2.03. The van der Waals surface area contributed by atoms with Gasteiger partial charge in [0.05, 0.1) is 0 Å². The van der Waals surface area contributed by atoms with Gasteiger partial charge < -0.3 is 10.2 Å². The van der Waals surface area contributed by atoms with Gasteiger partial charge in [-0.3, -0.25) is 0 Å². The molecular weight excluding hydrogens is 152 g/mol. The zero-order valence-corrected chi connectivity index (χ0v) is 6.62. The van der Waals surface area contributed by atoms with E-state index in [0.717, 1.165) is 0 Å². The molecule has 0 heterocycles. The van der Waals surface area contributed by atoms with Gasteiger partial charge in [0.2, 0.25) is 0 Å². The van der Waals surface area contributed by atoms with Crippen molar-refractivity contribution >= 4 is 12.2 Å². The molecule has 0 aliphatic carbocycles. The lowest BCUT2D eigenvalue weighted by Crippen LogP contribution is -1.79. The van der Waals surface area contributed by atoms with Crippen LogP contribution in [0.4, 0.5) is 0 Å². The van der Waals surface area contributed by atoms with Gasteiger partial charge in [-0.2, -0.15) is 0 Å². The van der Waals surface area contributed by atoms with Crippen LogP contribution in [-0.4, -0.2) is 10.2 Å². The van der Waals surface area contributed by atoms with Crippen LogP contribution in [-0.2, 0) is 0 Å². The van der Waals surface area contributed by atoms with E-state index in [0.29, 0.717) is 11.1 Å². The quantitative estimate of drug-likeness (QED) is 0.655. The number of rotatable bonds is 2. The fraction of sp³-hybridized carbons (Fsp3) is 0. The standard InChI is InChI=1S/C10H10O2/c1-3-7-5-9(11)6-8(4-2)10(7)12/h3-6,11-12H,1-2H2. The summed E-state index contributed by atoms with van der Waals surface area (Å²) >= 11 is 0. The number of aromatic hydroxyl groups is 2. The summed E-state index contributed by atoms with van der Waals surface area (Å²) in [6, 6.07) is 2.88. The number of hydrogen-bond donors (Lipinski definition) is 2. The molecular formula is C10H10O2. The Morgan fingerprint density at radius 3 is 1.75 bits per heavy atom. The van der Waals surface area contributed by atoms with E-state index in [9.17, 15) is 10.2 Å². The van der Waals surface area contributed by atoms with Crippen molar-refractivity contribution < 1.29 is 10.2 Å². The molecule has 0 fully saturated rings. The Bertz CT molecular complexity index is 298. The van der Waals surface area contributed by atoms with Crippen LogP contribution in [0.15, 0.2) is 25.3 Å². The van der Waals surface area contributed by atoms with Crippen LogP contribution in [0.2, 0.25) is 0 Å². The SMILES string of the molecule is C=Cc1cc(O)cc(C=C)c1O. The molecule has 2 N–H and O–H groups in total. The zero-order chi connectivity index (χ0) is 9.14. The average Bonchev–Trinajstić information content (AvgIpc) is 2.08. The topological polar surface area (TPSA) is 40.5 Å². The number of phenols is 2. The lowest BCUT2D eigenvalue weighted by molar-refractivity contribution is 0.458. The third kappa shape index (κ3) is 1.32. The lowest BCUT2D eigenvalue weighted by Gasteiger charge is -2.03. The van der Waals surface area contributed by atoms with Crippen molar-refractivity contribution in [3.63, 3.8) is 0 Å². The Labute approximate surface area is 71.1 Å². The van der Waals surface area contributed by atoms with Gasteiger partial charge in [0.25, 0.3) is 0 Å². The molecule has 0 saturated carbocycles. The molecule has 1 aromatic rings. The van der Waals surface area contributed by atoms with E-state index in [1.807, 2.05) is 0 Å². The molecule has 2 nitrogen and oxygen atoms in total. The molecule has 0 saturated heterocycles. The minimum absolute atomic E-state index is 0.0950. The van der Waals surface area contributed by atoms with Crippen LogP contribution in [0.5, 0.6) is 11.5 Å². The fourth-order valence-electron chi connectivity index (χ4n) is 0.975. The second-order valence-corrected chi connectivity index (χ2v) is 2.38. The molecule has 0 atom stereocenters. The van der Waals surface area contributed by atoms with Crippen molar-refractivity contribution in [2.24, 2.45) is 0 Å². The monoisotopic (exact) mass is 162 g/mol. The molecule has 2 heteroatoms. The first-order chi connectivity index (χ1) is 5.69. The third-order valence-electron chi connectivity index (χ3n) is 1.59. The Hall–Kier alpha value is -1.70. The lowest BCUT2D eigenvalue weighted by atomic mass is 10.1. The molecule has 12 heavy (non-hydrogen) atoms. The first-order valence-corrected chi connectivity index (χ1v) is 3.50. The highest BCUT2D eigenvalue weighted by Crippen LogP contribution is 2.29. The maximum absolute atomic E-state index is 9.46. The first-order valence-electron chi connectivity index (χ1n) is 3.50. The van der Waals surface area contributed by atoms with E-state index in [1.165, 1.54) is 24.3 Å². The van der Waals surface area contributed by atoms with Crippen LogP contribution in [0.3, 0.4) is 0 Å². The van der Waals surface area contributed by atoms with Crippen LogP contribution in [0.25, 0.3) is 12.2 Å². The van der Waals surface area contributed by atoms with Crippen molar-refractivity contribution in [2.75, 3.05) is 0 Å². The highest BCUT2D eigenvalue weighted by atomic mass is 16.3. The van der Waals surface area contributed by atoms with E-state index in [-0.39, 0.29) is 11.5 Å². The van der Waals surface area contributed by atoms with E-state index in [1.54, 1.807) is 0 Å². The van der Waals surface area contributed by atoms with E-state index >= 15 is 0 Å². The number of benzene rings is 1. The Kier molecular flexibility index (Phi) is 2.19. The Morgan fingerprint density at radius 1 is 1.00 bits per heavy atom. The zero-order valence-electron chi connectivity index (χ0n) is 6.62. The predicted molar refractivity (Wildman–Crippen MR) is 50.0 cm³/mol. The normalized spacial score (nSPS) is 9.33. The molecule has 0 aliphatic rings. The van der Waals surface area contributed by atoms with Gasteiger partial charge in [0, 0.05) is 11.1 Å². The molecule has 0 radical (unpaired) electrons. The van der Waals surface area contributed by atoms with E-state index < -0.39 is 0 Å². The van der Waals surface area contributed by atoms with Crippen molar-refractivity contribution in [1.29, 1.82) is 0 Å². The molecule has 0 aromatic heterocycles. The van der Waals surface area contributed by atoms with E-state index in [2.05, 4.69) is 13.2 Å². The molecule has 0 amide bonds. The van der Waals surface area contributed by atoms with Crippen molar-refractivity contribution in [3.8, 4) is 11.5 Å². The summed E-state index contributed by atoms with van der Waals surface area (Å²) in [5.41, 5.74) is 1.01. The molecule has 0 aliphatic heterocycles. The van der Waals surface area contributed by atoms with Crippen molar-refractivity contribution in [1.82, 2.24) is 0 Å². The molecule has 0 spiro atoms. The smallest absolute Gasteiger partial charge is 0.130 e. The second kappa shape index (κ2) is 3.13. The Morgan fingerprint density at radius 2 is 1.42 bits per heavy atom. The molecule has 1 aromatic carbocycles. The Balaban J connectivity index is 3.41. The van der Waals surface area contributed by atoms with Crippen molar-refractivity contribution in [2.45, 2.75) is 0 Å². The second-order valence-electron chi connectivity index (χ2n) is 2.38. The first kappa shape index (κ1) is 8.40. The summed E-state index contributed by atoms with van der Waals surface area (Å²) < 4.78 is 0. The summed E-state index contributed by atoms with van der Waals surface area (Å²) in [5, 5.41) is 18.6. The maximum Gasteiger partial charge on any atom is 0.130 e. The maximum atomic E-state index is 9.46. The van der Waals surface area contributed by atoms with Gasteiger partial charge in [-0.15, -0.1) is 0 Å². The van der Waals surface area contributed by atoms with Gasteiger partial charge in [0.15, 0.2) is 0 Å². The third-order valence-corrected chi connectivity index (χ3v) is 1.59. The summed E-state index contributed by atoms with van der Waals surface area (Å²) in [6.07, 6.45) is 2.95. The predicted octanol–water partition coefficient (Wildman–Crippen LogP) is 2.38. The molecule has 0 bridgehead atoms. The summed E-state index contributed by atoms with van der Waals surface area (Å²) in [4.78, 5) is 0. The number of hydrogen-bond acceptors (Lipinski definition) is 2. The van der Waals surface area contributed by atoms with Gasteiger partial charge in [-0.1, -0.05) is 25.3 Å². The summed E-state index contributed by atoms with van der Waals surface area (Å²) in [7, 11) is 0. The minimum Gasteiger partial charge on any atom is -0.508 e. The molecule has 1 rings (SSSR count). The molecule has 62 valence electrons. The fourth-order valence-corrected chi connectivity index (χ4v) is 0.975. The minimum atomic E-state index is 0.0950. The van der Waals surface area contributed by atoms with Crippen LogP contribution < -0.4 is 0 Å². The van der Waals surface area contributed by atoms with E-state index in [4.69, 9.17) is 0 Å². The summed E-state index contributed by atoms with van der Waals surface area (Å²) in [6.45, 7) is 7.01. The van der Waals surface area contributed by atoms with Crippen LogP contribution in [0, 0.1) is 0 Å². The number of phenolic OH excluding ortho intramolecular Hbond substituents is 2. The van der Waals surface area contributed by atoms with Crippen LogP contribution >= 0.6 is 0 Å². The largest absolute Gasteiger partial charge is 0.508 e. The van der Waals surface area contributed by atoms with Gasteiger partial charge >= 0.3 is 0 Å². The van der Waals surface area contributed by atoms with Gasteiger partial charge in [-0.05, 0) is 12.1 Å². The van der Waals surface area contributed by atoms with Crippen molar-refractivity contribution in [3.05, 3.63) is 36.4 Å². The van der Waals surface area contributed by atoms with Gasteiger partial charge in [-0.25, -0.2) is 0 Å². The van der Waals surface area contributed by atoms with Gasteiger partial charge in [0.1, 0.15) is 11.5 Å². The highest BCUT2D eigenvalue weighted by molar-refractivity contribution is 5.67. The summed E-state index contributed by atoms with van der Waals surface area (Å²) in [5.74, 6) is 0.190.